The fraction of sp³-hybridized carbons (Fsp3) is 0.308. The number of ketones is 1. The highest BCUT2D eigenvalue weighted by atomic mass is 35.5. The monoisotopic (exact) mass is 620 g/mol. The van der Waals surface area contributed by atoms with E-state index in [1.165, 1.54) is 48.2 Å². The van der Waals surface area contributed by atoms with Gasteiger partial charge in [-0.05, 0) is 49.4 Å². The van der Waals surface area contributed by atoms with E-state index in [4.69, 9.17) is 11.6 Å². The second-order valence-electron chi connectivity index (χ2n) is 9.01. The molecule has 2 aromatic carbocycles. The number of nitrogens with one attached hydrogen (secondary N) is 2. The maximum absolute atomic E-state index is 13.3. The number of amides is 2. The summed E-state index contributed by atoms with van der Waals surface area (Å²) in [5.74, 6) is -3.20. The summed E-state index contributed by atoms with van der Waals surface area (Å²) < 4.78 is 78.8. The number of carbonyl (C=O) groups excluding carboxylic acids is 3. The Hall–Kier alpha value is -3.52. The van der Waals surface area contributed by atoms with E-state index in [2.05, 4.69) is 15.7 Å². The first kappa shape index (κ1) is 32.0. The molecular weight excluding hydrogens is 598 g/mol. The number of alkyl halides is 6. The molecule has 220 valence electrons. The molecule has 3 rings (SSSR count). The summed E-state index contributed by atoms with van der Waals surface area (Å²) in [5, 5.41) is 8.68. The van der Waals surface area contributed by atoms with Crippen LogP contribution >= 0.6 is 23.4 Å². The minimum absolute atomic E-state index is 0.00732. The lowest BCUT2D eigenvalue weighted by atomic mass is 10.0. The average Bonchev–Trinajstić information content (AvgIpc) is 3.28. The van der Waals surface area contributed by atoms with Crippen LogP contribution in [0.3, 0.4) is 0 Å². The molecule has 1 aromatic heterocycles. The predicted octanol–water partition coefficient (Wildman–Crippen LogP) is 6.39. The fourth-order valence-electron chi connectivity index (χ4n) is 3.90. The van der Waals surface area contributed by atoms with Gasteiger partial charge in [-0.25, -0.2) is 0 Å². The lowest BCUT2D eigenvalue weighted by molar-refractivity contribution is -0.142. The molecule has 0 aliphatic carbocycles. The number of Topliss-reactive ketones (excluding diaryl/α,β-unsaturated/α-hetero) is 1. The average molecular weight is 621 g/mol. The fourth-order valence-corrected chi connectivity index (χ4v) is 4.75. The first-order valence-electron chi connectivity index (χ1n) is 11.8. The van der Waals surface area contributed by atoms with E-state index in [-0.39, 0.29) is 22.2 Å². The summed E-state index contributed by atoms with van der Waals surface area (Å²) in [6.45, 7) is 2.99. The Bertz CT molecular complexity index is 1470. The molecule has 15 heteroatoms. The highest BCUT2D eigenvalue weighted by molar-refractivity contribution is 7.98. The normalized spacial score (nSPS) is 12.6. The van der Waals surface area contributed by atoms with E-state index < -0.39 is 47.8 Å². The SMILES string of the molecule is CSC[C@H](C)NC(=O)c1c(Cl)cccc1C(=O)Nc1ccc(Cn2cc(C(=O)C(F)(F)F)c(C(F)(F)F)n2)cc1C. The molecule has 0 bridgehead atoms. The summed E-state index contributed by atoms with van der Waals surface area (Å²) in [6.07, 6.45) is -8.52. The molecule has 41 heavy (non-hydrogen) atoms. The molecular formula is C26H23ClF6N4O3S. The van der Waals surface area contributed by atoms with E-state index in [9.17, 15) is 40.7 Å². The van der Waals surface area contributed by atoms with E-state index in [0.717, 1.165) is 0 Å². The lowest BCUT2D eigenvalue weighted by Crippen LogP contribution is -2.35. The third kappa shape index (κ3) is 7.82. The van der Waals surface area contributed by atoms with Crippen LogP contribution < -0.4 is 10.6 Å². The number of hydrogen-bond donors (Lipinski definition) is 2. The number of aromatic nitrogens is 2. The molecule has 0 aliphatic heterocycles. The molecule has 1 heterocycles. The van der Waals surface area contributed by atoms with Gasteiger partial charge in [-0.15, -0.1) is 0 Å². The number of aryl methyl sites for hydroxylation is 1. The van der Waals surface area contributed by atoms with Gasteiger partial charge < -0.3 is 10.6 Å². The third-order valence-electron chi connectivity index (χ3n) is 5.70. The Balaban J connectivity index is 1.84. The Morgan fingerprint density at radius 2 is 1.73 bits per heavy atom. The number of benzene rings is 2. The van der Waals surface area contributed by atoms with Crippen LogP contribution in [0.5, 0.6) is 0 Å². The summed E-state index contributed by atoms with van der Waals surface area (Å²) in [7, 11) is 0. The Morgan fingerprint density at radius 3 is 2.32 bits per heavy atom. The molecule has 0 saturated heterocycles. The van der Waals surface area contributed by atoms with Crippen molar-refractivity contribution in [3.8, 4) is 0 Å². The Morgan fingerprint density at radius 1 is 1.05 bits per heavy atom. The zero-order valence-electron chi connectivity index (χ0n) is 21.7. The number of halogens is 7. The second kappa shape index (κ2) is 12.6. The number of anilines is 1. The minimum Gasteiger partial charge on any atom is -0.349 e. The number of rotatable bonds is 9. The molecule has 0 spiro atoms. The van der Waals surface area contributed by atoms with Crippen LogP contribution in [-0.2, 0) is 12.7 Å². The first-order valence-corrected chi connectivity index (χ1v) is 13.6. The van der Waals surface area contributed by atoms with E-state index in [1.54, 1.807) is 13.8 Å². The van der Waals surface area contributed by atoms with Crippen LogP contribution in [0, 0.1) is 6.92 Å². The van der Waals surface area contributed by atoms with Crippen LogP contribution in [0.1, 0.15) is 54.8 Å². The van der Waals surface area contributed by atoms with Crippen molar-refractivity contribution in [3.05, 3.63) is 81.1 Å². The predicted molar refractivity (Wildman–Crippen MR) is 143 cm³/mol. The molecule has 0 aliphatic rings. The van der Waals surface area contributed by atoms with Gasteiger partial charge in [-0.3, -0.25) is 19.1 Å². The minimum atomic E-state index is -5.51. The second-order valence-corrected chi connectivity index (χ2v) is 10.3. The summed E-state index contributed by atoms with van der Waals surface area (Å²) in [5.41, 5.74) is -2.48. The first-order chi connectivity index (χ1) is 19.0. The number of carbonyl (C=O) groups is 3. The van der Waals surface area contributed by atoms with Gasteiger partial charge >= 0.3 is 12.4 Å². The maximum Gasteiger partial charge on any atom is 0.455 e. The smallest absolute Gasteiger partial charge is 0.349 e. The van der Waals surface area contributed by atoms with Gasteiger partial charge in [-0.2, -0.15) is 43.2 Å². The summed E-state index contributed by atoms with van der Waals surface area (Å²) in [6, 6.07) is 8.54. The Kier molecular flexibility index (Phi) is 9.80. The number of hydrogen-bond acceptors (Lipinski definition) is 5. The molecule has 2 amide bonds. The topological polar surface area (TPSA) is 93.1 Å². The number of thioether (sulfide) groups is 1. The van der Waals surface area contributed by atoms with Crippen molar-refractivity contribution < 1.29 is 40.7 Å². The van der Waals surface area contributed by atoms with Crippen LogP contribution in [0.2, 0.25) is 5.02 Å². The molecule has 7 nitrogen and oxygen atoms in total. The maximum atomic E-state index is 13.3. The highest BCUT2D eigenvalue weighted by Gasteiger charge is 2.47. The van der Waals surface area contributed by atoms with Crippen molar-refractivity contribution in [2.75, 3.05) is 17.3 Å². The van der Waals surface area contributed by atoms with Gasteiger partial charge in [-0.1, -0.05) is 29.8 Å². The van der Waals surface area contributed by atoms with Crippen molar-refractivity contribution in [2.24, 2.45) is 0 Å². The van der Waals surface area contributed by atoms with Crippen LogP contribution in [0.15, 0.2) is 42.6 Å². The quantitative estimate of drug-likeness (QED) is 0.214. The van der Waals surface area contributed by atoms with E-state index in [1.807, 2.05) is 6.26 Å². The van der Waals surface area contributed by atoms with Crippen LogP contribution in [0.25, 0.3) is 0 Å². The van der Waals surface area contributed by atoms with Crippen molar-refractivity contribution in [1.82, 2.24) is 15.1 Å². The third-order valence-corrected chi connectivity index (χ3v) is 6.84. The molecule has 3 aromatic rings. The summed E-state index contributed by atoms with van der Waals surface area (Å²) in [4.78, 5) is 37.5. The van der Waals surface area contributed by atoms with Crippen LogP contribution in [-0.4, -0.2) is 51.6 Å². The molecule has 0 fully saturated rings. The lowest BCUT2D eigenvalue weighted by Gasteiger charge is -2.16. The molecule has 2 N–H and O–H groups in total. The van der Waals surface area contributed by atoms with Crippen LogP contribution in [0.4, 0.5) is 32.0 Å². The van der Waals surface area contributed by atoms with Crippen molar-refractivity contribution in [3.63, 3.8) is 0 Å². The van der Waals surface area contributed by atoms with Gasteiger partial charge in [0, 0.05) is 23.7 Å². The van der Waals surface area contributed by atoms with Crippen molar-refractivity contribution >= 4 is 46.6 Å². The molecule has 0 saturated carbocycles. The Labute approximate surface area is 239 Å². The van der Waals surface area contributed by atoms with Gasteiger partial charge in [0.1, 0.15) is 0 Å². The van der Waals surface area contributed by atoms with Gasteiger partial charge in [0.05, 0.1) is 28.3 Å². The van der Waals surface area contributed by atoms with Gasteiger partial charge in [0.25, 0.3) is 17.6 Å². The molecule has 0 unspecified atom stereocenters. The van der Waals surface area contributed by atoms with Crippen molar-refractivity contribution in [2.45, 2.75) is 38.8 Å². The van der Waals surface area contributed by atoms with Gasteiger partial charge in [0.2, 0.25) is 0 Å². The standard InChI is InChI=1S/C26H23ClF6N4O3S/c1-13-9-15(10-37-11-17(22(38)26(31,32)33)21(36-37)25(28,29)30)7-8-19(13)35-23(39)16-5-4-6-18(27)20(16)24(40)34-14(2)12-41-3/h4-9,11,14H,10,12H2,1-3H3,(H,34,40)(H,35,39)/t14-/m0/s1. The van der Waals surface area contributed by atoms with E-state index >= 15 is 0 Å². The number of nitrogens with zero attached hydrogens (tertiary/aromatic N) is 2. The molecule has 1 atom stereocenters. The van der Waals surface area contributed by atoms with Gasteiger partial charge in [0.15, 0.2) is 5.69 Å². The zero-order valence-corrected chi connectivity index (χ0v) is 23.3. The zero-order chi connectivity index (χ0) is 30.7. The largest absolute Gasteiger partial charge is 0.455 e. The molecule has 0 radical (unpaired) electrons. The van der Waals surface area contributed by atoms with E-state index in [0.29, 0.717) is 33.4 Å². The highest BCUT2D eigenvalue weighted by Crippen LogP contribution is 2.34. The summed E-state index contributed by atoms with van der Waals surface area (Å²) >= 11 is 7.77. The van der Waals surface area contributed by atoms with Crippen molar-refractivity contribution in [1.29, 1.82) is 0 Å².